The van der Waals surface area contributed by atoms with Gasteiger partial charge in [-0.1, -0.05) is 60.5 Å². The van der Waals surface area contributed by atoms with E-state index in [1.54, 1.807) is 24.4 Å². The van der Waals surface area contributed by atoms with Crippen LogP contribution in [0.3, 0.4) is 0 Å². The van der Waals surface area contributed by atoms with Crippen LogP contribution < -0.4 is 10.2 Å². The number of hydrogen-bond donors (Lipinski definition) is 1. The van der Waals surface area contributed by atoms with Gasteiger partial charge in [0.05, 0.1) is 11.6 Å². The summed E-state index contributed by atoms with van der Waals surface area (Å²) in [5.74, 6) is 0.542. The highest BCUT2D eigenvalue weighted by Crippen LogP contribution is 2.27. The van der Waals surface area contributed by atoms with Crippen molar-refractivity contribution < 1.29 is 9.53 Å². The number of hydrogen-bond acceptors (Lipinski definition) is 3. The Morgan fingerprint density at radius 2 is 2.00 bits per heavy atom. The maximum absolute atomic E-state index is 11.8. The number of halogens is 2. The molecule has 2 aromatic rings. The van der Waals surface area contributed by atoms with Crippen molar-refractivity contribution in [1.29, 1.82) is 0 Å². The van der Waals surface area contributed by atoms with Crippen LogP contribution in [0.5, 0.6) is 5.75 Å². The van der Waals surface area contributed by atoms with Gasteiger partial charge in [0.15, 0.2) is 0 Å². The standard InChI is InChI=1S/C19H20Cl2N2O2/c1-14(15-6-3-2-4-7-15)13-22-23-19(24)8-5-11-25-18-10-9-16(20)12-17(18)21/h2-4,6-7,9-10,12-14H,5,8,11H2,1H3,(H,23,24). The summed E-state index contributed by atoms with van der Waals surface area (Å²) in [5.41, 5.74) is 3.68. The minimum atomic E-state index is -0.151. The molecule has 6 heteroatoms. The van der Waals surface area contributed by atoms with Crippen LogP contribution in [0.1, 0.15) is 31.2 Å². The van der Waals surface area contributed by atoms with Crippen LogP contribution in [0.2, 0.25) is 10.0 Å². The zero-order chi connectivity index (χ0) is 18.1. The molecule has 0 aliphatic rings. The molecule has 0 aromatic heterocycles. The lowest BCUT2D eigenvalue weighted by Crippen LogP contribution is -2.18. The average Bonchev–Trinajstić information content (AvgIpc) is 2.61. The molecule has 0 aliphatic carbocycles. The number of benzene rings is 2. The van der Waals surface area contributed by atoms with Crippen LogP contribution in [0, 0.1) is 0 Å². The number of hydrazone groups is 1. The third-order valence-corrected chi connectivity index (χ3v) is 4.04. The molecule has 0 heterocycles. The number of ether oxygens (including phenoxy) is 1. The van der Waals surface area contributed by atoms with E-state index in [0.717, 1.165) is 5.56 Å². The summed E-state index contributed by atoms with van der Waals surface area (Å²) < 4.78 is 5.53. The molecule has 0 fully saturated rings. The molecular formula is C19H20Cl2N2O2. The first-order chi connectivity index (χ1) is 12.1. The molecule has 2 aromatic carbocycles. The highest BCUT2D eigenvalue weighted by Gasteiger charge is 2.05. The summed E-state index contributed by atoms with van der Waals surface area (Å²) in [7, 11) is 0. The van der Waals surface area contributed by atoms with Gasteiger partial charge in [-0.3, -0.25) is 4.79 Å². The fourth-order valence-electron chi connectivity index (χ4n) is 2.13. The first-order valence-corrected chi connectivity index (χ1v) is 8.76. The van der Waals surface area contributed by atoms with Crippen LogP contribution >= 0.6 is 23.2 Å². The molecule has 2 rings (SSSR count). The van der Waals surface area contributed by atoms with Gasteiger partial charge in [0.25, 0.3) is 0 Å². The fourth-order valence-corrected chi connectivity index (χ4v) is 2.59. The summed E-state index contributed by atoms with van der Waals surface area (Å²) >= 11 is 11.8. The zero-order valence-corrected chi connectivity index (χ0v) is 15.4. The van der Waals surface area contributed by atoms with Crippen LogP contribution in [-0.2, 0) is 4.79 Å². The second-order valence-corrected chi connectivity index (χ2v) is 6.38. The van der Waals surface area contributed by atoms with Crippen molar-refractivity contribution in [3.05, 3.63) is 64.1 Å². The lowest BCUT2D eigenvalue weighted by molar-refractivity contribution is -0.121. The van der Waals surface area contributed by atoms with E-state index in [1.807, 2.05) is 37.3 Å². The van der Waals surface area contributed by atoms with E-state index in [4.69, 9.17) is 27.9 Å². The average molecular weight is 379 g/mol. The second kappa shape index (κ2) is 10.1. The Balaban J connectivity index is 1.66. The van der Waals surface area contributed by atoms with Gasteiger partial charge in [0.2, 0.25) is 5.91 Å². The molecule has 0 spiro atoms. The number of amides is 1. The van der Waals surface area contributed by atoms with Crippen molar-refractivity contribution in [3.63, 3.8) is 0 Å². The van der Waals surface area contributed by atoms with Crippen molar-refractivity contribution in [3.8, 4) is 5.75 Å². The third-order valence-electron chi connectivity index (χ3n) is 3.51. The van der Waals surface area contributed by atoms with Gasteiger partial charge in [-0.15, -0.1) is 0 Å². The first-order valence-electron chi connectivity index (χ1n) is 8.01. The number of carbonyl (C=O) groups excluding carboxylic acids is 1. The maximum atomic E-state index is 11.8. The number of rotatable bonds is 8. The van der Waals surface area contributed by atoms with Crippen LogP contribution in [0.25, 0.3) is 0 Å². The van der Waals surface area contributed by atoms with E-state index in [2.05, 4.69) is 10.5 Å². The Kier molecular flexibility index (Phi) is 7.76. The minimum absolute atomic E-state index is 0.136. The molecule has 1 N–H and O–H groups in total. The van der Waals surface area contributed by atoms with Gasteiger partial charge in [-0.05, 0) is 30.2 Å². The van der Waals surface area contributed by atoms with Crippen molar-refractivity contribution in [2.24, 2.45) is 5.10 Å². The quantitative estimate of drug-likeness (QED) is 0.396. The SMILES string of the molecule is CC(C=NNC(=O)CCCOc1ccc(Cl)cc1Cl)c1ccccc1. The van der Waals surface area contributed by atoms with Crippen LogP contribution in [0.4, 0.5) is 0 Å². The Morgan fingerprint density at radius 1 is 1.24 bits per heavy atom. The van der Waals surface area contributed by atoms with Gasteiger partial charge >= 0.3 is 0 Å². The molecule has 4 nitrogen and oxygen atoms in total. The van der Waals surface area contributed by atoms with Gasteiger partial charge < -0.3 is 4.74 Å². The molecule has 0 aliphatic heterocycles. The first kappa shape index (κ1) is 19.3. The Bertz CT molecular complexity index is 721. The molecule has 0 saturated carbocycles. The van der Waals surface area contributed by atoms with E-state index in [0.29, 0.717) is 35.2 Å². The molecular weight excluding hydrogens is 359 g/mol. The minimum Gasteiger partial charge on any atom is -0.492 e. The monoisotopic (exact) mass is 378 g/mol. The Labute approximate surface area is 157 Å². The van der Waals surface area contributed by atoms with E-state index in [-0.39, 0.29) is 11.8 Å². The molecule has 0 saturated heterocycles. The number of nitrogens with one attached hydrogen (secondary N) is 1. The van der Waals surface area contributed by atoms with Gasteiger partial charge in [0.1, 0.15) is 5.75 Å². The largest absolute Gasteiger partial charge is 0.492 e. The highest BCUT2D eigenvalue weighted by molar-refractivity contribution is 6.35. The number of carbonyl (C=O) groups is 1. The lowest BCUT2D eigenvalue weighted by Gasteiger charge is -2.08. The van der Waals surface area contributed by atoms with Crippen molar-refractivity contribution in [2.75, 3.05) is 6.61 Å². The molecule has 1 atom stereocenters. The smallest absolute Gasteiger partial charge is 0.240 e. The molecule has 1 unspecified atom stereocenters. The molecule has 1 amide bonds. The van der Waals surface area contributed by atoms with E-state index < -0.39 is 0 Å². The van der Waals surface area contributed by atoms with Gasteiger partial charge in [0, 0.05) is 23.6 Å². The summed E-state index contributed by atoms with van der Waals surface area (Å²) in [5, 5.41) is 5.02. The summed E-state index contributed by atoms with van der Waals surface area (Å²) in [6.45, 7) is 2.41. The van der Waals surface area contributed by atoms with E-state index >= 15 is 0 Å². The highest BCUT2D eigenvalue weighted by atomic mass is 35.5. The molecule has 0 radical (unpaired) electrons. The molecule has 0 bridgehead atoms. The second-order valence-electron chi connectivity index (χ2n) is 5.54. The fraction of sp³-hybridized carbons (Fsp3) is 0.263. The molecule has 132 valence electrons. The van der Waals surface area contributed by atoms with E-state index in [9.17, 15) is 4.79 Å². The maximum Gasteiger partial charge on any atom is 0.240 e. The van der Waals surface area contributed by atoms with Gasteiger partial charge in [-0.25, -0.2) is 5.43 Å². The van der Waals surface area contributed by atoms with Crippen LogP contribution in [-0.4, -0.2) is 18.7 Å². The normalized spacial score (nSPS) is 12.1. The van der Waals surface area contributed by atoms with Crippen molar-refractivity contribution >= 4 is 35.3 Å². The summed E-state index contributed by atoms with van der Waals surface area (Å²) in [4.78, 5) is 11.8. The van der Waals surface area contributed by atoms with E-state index in [1.165, 1.54) is 0 Å². The topological polar surface area (TPSA) is 50.7 Å². The van der Waals surface area contributed by atoms with Crippen LogP contribution in [0.15, 0.2) is 53.6 Å². The number of nitrogens with zero attached hydrogens (tertiary/aromatic N) is 1. The third kappa shape index (κ3) is 6.77. The zero-order valence-electron chi connectivity index (χ0n) is 13.9. The van der Waals surface area contributed by atoms with Crippen molar-refractivity contribution in [2.45, 2.75) is 25.7 Å². The predicted octanol–water partition coefficient (Wildman–Crippen LogP) is 5.06. The lowest BCUT2D eigenvalue weighted by atomic mass is 10.0. The Morgan fingerprint density at radius 3 is 2.72 bits per heavy atom. The van der Waals surface area contributed by atoms with Crippen molar-refractivity contribution in [1.82, 2.24) is 5.43 Å². The summed E-state index contributed by atoms with van der Waals surface area (Å²) in [6, 6.07) is 15.0. The predicted molar refractivity (Wildman–Crippen MR) is 103 cm³/mol. The molecule has 25 heavy (non-hydrogen) atoms. The summed E-state index contributed by atoms with van der Waals surface area (Å²) in [6.07, 6.45) is 2.61. The Hall–Kier alpha value is -2.04. The van der Waals surface area contributed by atoms with Gasteiger partial charge in [-0.2, -0.15) is 5.10 Å².